The Kier molecular flexibility index (Phi) is 7.58. The summed E-state index contributed by atoms with van der Waals surface area (Å²) in [5.41, 5.74) is 6.50. The number of esters is 2. The molecule has 1 unspecified atom stereocenters. The van der Waals surface area contributed by atoms with Crippen LogP contribution < -0.4 is 15.4 Å². The number of hydrogen-bond acceptors (Lipinski definition) is 8. The predicted octanol–water partition coefficient (Wildman–Crippen LogP) is 3.83. The molecule has 0 aromatic heterocycles. The average molecular weight is 501 g/mol. The number of benzene rings is 2. The smallest absolute Gasteiger partial charge is 0.422 e. The molecule has 1 aliphatic rings. The van der Waals surface area contributed by atoms with Crippen LogP contribution in [0.25, 0.3) is 0 Å². The molecule has 11 heteroatoms. The molecule has 0 amide bonds. The maximum Gasteiger partial charge on any atom is 0.422 e. The fraction of sp³-hybridized carbons (Fsp3) is 0.240. The van der Waals surface area contributed by atoms with Gasteiger partial charge in [-0.05, 0) is 30.2 Å². The summed E-state index contributed by atoms with van der Waals surface area (Å²) < 4.78 is 53.7. The highest BCUT2D eigenvalue weighted by Gasteiger charge is 2.43. The zero-order chi connectivity index (χ0) is 26.6. The fourth-order valence-corrected chi connectivity index (χ4v) is 3.85. The summed E-state index contributed by atoms with van der Waals surface area (Å²) >= 11 is 0. The van der Waals surface area contributed by atoms with E-state index in [1.165, 1.54) is 18.2 Å². The number of ether oxygens (including phenoxy) is 3. The lowest BCUT2D eigenvalue weighted by Gasteiger charge is -2.36. The summed E-state index contributed by atoms with van der Waals surface area (Å²) in [6, 6.07) is 14.5. The molecule has 1 atom stereocenters. The van der Waals surface area contributed by atoms with Gasteiger partial charge in [0, 0.05) is 0 Å². The van der Waals surface area contributed by atoms with Crippen LogP contribution in [-0.4, -0.2) is 38.9 Å². The first-order valence-corrected chi connectivity index (χ1v) is 10.5. The van der Waals surface area contributed by atoms with Gasteiger partial charge in [-0.15, -0.1) is 0 Å². The van der Waals surface area contributed by atoms with Gasteiger partial charge in [-0.2, -0.15) is 18.4 Å². The highest BCUT2D eigenvalue weighted by Crippen LogP contribution is 2.45. The third-order valence-corrected chi connectivity index (χ3v) is 5.36. The van der Waals surface area contributed by atoms with E-state index in [2.05, 4.69) is 0 Å². The Morgan fingerprint density at radius 3 is 2.28 bits per heavy atom. The van der Waals surface area contributed by atoms with Crippen molar-refractivity contribution >= 4 is 17.6 Å². The van der Waals surface area contributed by atoms with Crippen LogP contribution in [0.3, 0.4) is 0 Å². The van der Waals surface area contributed by atoms with E-state index < -0.39 is 36.3 Å². The third-order valence-electron chi connectivity index (χ3n) is 5.36. The Morgan fingerprint density at radius 2 is 1.72 bits per heavy atom. The van der Waals surface area contributed by atoms with Crippen LogP contribution in [0.4, 0.5) is 18.9 Å². The molecule has 36 heavy (non-hydrogen) atoms. The minimum atomic E-state index is -4.65. The van der Waals surface area contributed by atoms with Crippen LogP contribution in [0, 0.1) is 18.3 Å². The van der Waals surface area contributed by atoms with Gasteiger partial charge in [0.1, 0.15) is 17.3 Å². The predicted molar refractivity (Wildman–Crippen MR) is 122 cm³/mol. The zero-order valence-electron chi connectivity index (χ0n) is 19.6. The van der Waals surface area contributed by atoms with Crippen LogP contribution in [-0.2, 0) is 19.1 Å². The number of aryl methyl sites for hydroxylation is 1. The molecule has 0 bridgehead atoms. The van der Waals surface area contributed by atoms with Gasteiger partial charge in [-0.25, -0.2) is 9.59 Å². The molecule has 0 fully saturated rings. The first-order chi connectivity index (χ1) is 17.0. The number of nitrogens with two attached hydrogens (primary N) is 1. The topological polar surface area (TPSA) is 115 Å². The lowest BCUT2D eigenvalue weighted by Crippen LogP contribution is -2.41. The summed E-state index contributed by atoms with van der Waals surface area (Å²) in [6.45, 7) is 0.0288. The number of nitrogens with zero attached hydrogens (tertiary/aromatic N) is 2. The molecule has 1 heterocycles. The average Bonchev–Trinajstić information content (AvgIpc) is 2.86. The second-order valence-electron chi connectivity index (χ2n) is 7.71. The standard InChI is InChI=1S/C25H22F3N3O5/c1-14-9-10-18(36-13-25(26,27)28)17(11-14)31-21(24(33)35-3)20(23(32)34-2)19(16(12-29)22(31)30)15-7-5-4-6-8-15/h4-11,19H,13,30H2,1-3H3. The molecule has 0 spiro atoms. The highest BCUT2D eigenvalue weighted by molar-refractivity contribution is 6.06. The van der Waals surface area contributed by atoms with E-state index >= 15 is 0 Å². The van der Waals surface area contributed by atoms with Crippen molar-refractivity contribution in [3.8, 4) is 11.8 Å². The molecule has 2 aromatic carbocycles. The number of alkyl halides is 3. The van der Waals surface area contributed by atoms with Crippen LogP contribution in [0.2, 0.25) is 0 Å². The summed E-state index contributed by atoms with van der Waals surface area (Å²) in [5, 5.41) is 10.1. The van der Waals surface area contributed by atoms with Crippen LogP contribution >= 0.6 is 0 Å². The number of halogens is 3. The van der Waals surface area contributed by atoms with Gasteiger partial charge in [-0.1, -0.05) is 36.4 Å². The molecule has 0 radical (unpaired) electrons. The van der Waals surface area contributed by atoms with E-state index in [9.17, 15) is 28.0 Å². The monoisotopic (exact) mass is 501 g/mol. The number of allylic oxidation sites excluding steroid dienone is 1. The number of nitriles is 1. The van der Waals surface area contributed by atoms with Crippen molar-refractivity contribution in [1.82, 2.24) is 0 Å². The summed E-state index contributed by atoms with van der Waals surface area (Å²) in [7, 11) is 2.16. The summed E-state index contributed by atoms with van der Waals surface area (Å²) in [5.74, 6) is -3.68. The van der Waals surface area contributed by atoms with E-state index in [0.717, 1.165) is 19.1 Å². The number of carbonyl (C=O) groups is 2. The van der Waals surface area contributed by atoms with Crippen molar-refractivity contribution < 1.29 is 37.0 Å². The van der Waals surface area contributed by atoms with Gasteiger partial charge in [0.05, 0.1) is 43.0 Å². The molecule has 0 aliphatic carbocycles. The fourth-order valence-electron chi connectivity index (χ4n) is 3.85. The van der Waals surface area contributed by atoms with E-state index in [-0.39, 0.29) is 28.4 Å². The normalized spacial score (nSPS) is 15.9. The van der Waals surface area contributed by atoms with E-state index in [1.807, 2.05) is 6.07 Å². The number of hydrogen-bond donors (Lipinski definition) is 1. The van der Waals surface area contributed by atoms with E-state index in [0.29, 0.717) is 11.1 Å². The molecule has 2 aromatic rings. The molecule has 188 valence electrons. The largest absolute Gasteiger partial charge is 0.482 e. The number of carbonyl (C=O) groups excluding carboxylic acids is 2. The molecule has 0 saturated carbocycles. The lowest BCUT2D eigenvalue weighted by molar-refractivity contribution is -0.153. The van der Waals surface area contributed by atoms with Crippen molar-refractivity contribution in [3.05, 3.63) is 82.3 Å². The van der Waals surface area contributed by atoms with Crippen molar-refractivity contribution in [1.29, 1.82) is 5.26 Å². The summed E-state index contributed by atoms with van der Waals surface area (Å²) in [4.78, 5) is 27.2. The van der Waals surface area contributed by atoms with Gasteiger partial charge >= 0.3 is 18.1 Å². The van der Waals surface area contributed by atoms with Gasteiger partial charge in [0.2, 0.25) is 0 Å². The quantitative estimate of drug-likeness (QED) is 0.594. The van der Waals surface area contributed by atoms with E-state index in [4.69, 9.17) is 19.9 Å². The Morgan fingerprint density at radius 1 is 1.08 bits per heavy atom. The molecule has 0 saturated heterocycles. The zero-order valence-corrected chi connectivity index (χ0v) is 19.6. The van der Waals surface area contributed by atoms with Gasteiger partial charge in [0.25, 0.3) is 0 Å². The minimum absolute atomic E-state index is 0.0992. The summed E-state index contributed by atoms with van der Waals surface area (Å²) in [6.07, 6.45) is -4.65. The molecule has 2 N–H and O–H groups in total. The van der Waals surface area contributed by atoms with Gasteiger partial charge in [0.15, 0.2) is 6.61 Å². The molecular formula is C25H22F3N3O5. The molecular weight excluding hydrogens is 479 g/mol. The van der Waals surface area contributed by atoms with Crippen molar-refractivity contribution in [2.75, 3.05) is 25.7 Å². The maximum absolute atomic E-state index is 13.1. The number of rotatable bonds is 6. The second kappa shape index (κ2) is 10.4. The van der Waals surface area contributed by atoms with E-state index in [1.54, 1.807) is 37.3 Å². The van der Waals surface area contributed by atoms with Crippen LogP contribution in [0.1, 0.15) is 17.0 Å². The van der Waals surface area contributed by atoms with Gasteiger partial charge < -0.3 is 19.9 Å². The third kappa shape index (κ3) is 5.12. The Bertz CT molecular complexity index is 1280. The first-order valence-electron chi connectivity index (χ1n) is 10.5. The van der Waals surface area contributed by atoms with Crippen molar-refractivity contribution in [2.45, 2.75) is 19.0 Å². The maximum atomic E-state index is 13.1. The number of anilines is 1. The number of methoxy groups -OCH3 is 2. The Hall–Kier alpha value is -4.46. The minimum Gasteiger partial charge on any atom is -0.482 e. The Balaban J connectivity index is 2.39. The second-order valence-corrected chi connectivity index (χ2v) is 7.71. The van der Waals surface area contributed by atoms with Crippen LogP contribution in [0.15, 0.2) is 71.2 Å². The molecule has 8 nitrogen and oxygen atoms in total. The van der Waals surface area contributed by atoms with Gasteiger partial charge in [-0.3, -0.25) is 4.90 Å². The van der Waals surface area contributed by atoms with Crippen molar-refractivity contribution in [3.63, 3.8) is 0 Å². The van der Waals surface area contributed by atoms with Crippen LogP contribution in [0.5, 0.6) is 5.75 Å². The highest BCUT2D eigenvalue weighted by atomic mass is 19.4. The Labute approximate surface area is 205 Å². The lowest BCUT2D eigenvalue weighted by atomic mass is 9.81. The van der Waals surface area contributed by atoms with Crippen molar-refractivity contribution in [2.24, 2.45) is 5.73 Å². The molecule has 1 aliphatic heterocycles. The first kappa shape index (κ1) is 26.2. The SMILES string of the molecule is COC(=O)C1=C(C(=O)OC)N(c2cc(C)ccc2OCC(F)(F)F)C(N)=C(C#N)C1c1ccccc1. The molecule has 3 rings (SSSR count).